The molecule has 0 radical (unpaired) electrons. The van der Waals surface area contributed by atoms with Crippen LogP contribution in [0.2, 0.25) is 10.3 Å². The van der Waals surface area contributed by atoms with E-state index in [0.29, 0.717) is 16.8 Å². The van der Waals surface area contributed by atoms with Crippen LogP contribution in [-0.4, -0.2) is 29.6 Å². The van der Waals surface area contributed by atoms with E-state index in [-0.39, 0.29) is 5.28 Å². The van der Waals surface area contributed by atoms with Crippen LogP contribution < -0.4 is 10.6 Å². The highest BCUT2D eigenvalue weighted by molar-refractivity contribution is 6.33. The zero-order valence-corrected chi connectivity index (χ0v) is 9.65. The highest BCUT2D eigenvalue weighted by atomic mass is 35.5. The first-order chi connectivity index (χ1) is 7.25. The maximum Gasteiger partial charge on any atom is 0.224 e. The Morgan fingerprint density at radius 3 is 3.13 bits per heavy atom. The van der Waals surface area contributed by atoms with Gasteiger partial charge in [0.25, 0.3) is 0 Å². The van der Waals surface area contributed by atoms with Gasteiger partial charge in [-0.2, -0.15) is 4.98 Å². The normalized spacial score (nSPS) is 20.5. The van der Waals surface area contributed by atoms with E-state index in [1.165, 1.54) is 12.6 Å². The molecule has 1 aromatic heterocycles. The minimum atomic E-state index is 0.214. The van der Waals surface area contributed by atoms with Gasteiger partial charge in [-0.1, -0.05) is 11.6 Å². The van der Waals surface area contributed by atoms with Gasteiger partial charge in [-0.05, 0) is 37.0 Å². The van der Waals surface area contributed by atoms with Gasteiger partial charge in [-0.25, -0.2) is 4.98 Å². The molecule has 2 rings (SSSR count). The molecular formula is C9H12Cl2N4. The fourth-order valence-corrected chi connectivity index (χ4v) is 1.89. The van der Waals surface area contributed by atoms with E-state index in [9.17, 15) is 0 Å². The number of nitrogens with zero attached hydrogens (tertiary/aromatic N) is 2. The van der Waals surface area contributed by atoms with Crippen molar-refractivity contribution in [1.29, 1.82) is 0 Å². The number of rotatable bonds is 3. The topological polar surface area (TPSA) is 49.8 Å². The first kappa shape index (κ1) is 10.9. The van der Waals surface area contributed by atoms with Gasteiger partial charge in [0, 0.05) is 6.54 Å². The number of hydrogen-bond acceptors (Lipinski definition) is 4. The summed E-state index contributed by atoms with van der Waals surface area (Å²) in [5, 5.41) is 7.21. The molecule has 0 spiro atoms. The third kappa shape index (κ3) is 2.93. The molecular weight excluding hydrogens is 235 g/mol. The van der Waals surface area contributed by atoms with Crippen LogP contribution >= 0.6 is 23.2 Å². The summed E-state index contributed by atoms with van der Waals surface area (Å²) in [4.78, 5) is 7.81. The predicted octanol–water partition coefficient (Wildman–Crippen LogP) is 1.80. The summed E-state index contributed by atoms with van der Waals surface area (Å²) in [5.41, 5.74) is 0. The van der Waals surface area contributed by atoms with Crippen molar-refractivity contribution in [3.8, 4) is 0 Å². The smallest absolute Gasteiger partial charge is 0.224 e. The third-order valence-corrected chi connectivity index (χ3v) is 2.89. The van der Waals surface area contributed by atoms with Crippen LogP contribution in [0.25, 0.3) is 0 Å². The molecule has 0 aliphatic carbocycles. The van der Waals surface area contributed by atoms with E-state index < -0.39 is 0 Å². The van der Waals surface area contributed by atoms with Crippen molar-refractivity contribution in [3.63, 3.8) is 0 Å². The van der Waals surface area contributed by atoms with Crippen molar-refractivity contribution in [1.82, 2.24) is 15.3 Å². The van der Waals surface area contributed by atoms with Crippen LogP contribution in [0.1, 0.15) is 6.42 Å². The Hall–Kier alpha value is -0.580. The molecule has 0 aromatic carbocycles. The van der Waals surface area contributed by atoms with Gasteiger partial charge in [0.15, 0.2) is 0 Å². The summed E-state index contributed by atoms with van der Waals surface area (Å²) >= 11 is 11.6. The Balaban J connectivity index is 1.94. The fraction of sp³-hybridized carbons (Fsp3) is 0.556. The second-order valence-electron chi connectivity index (χ2n) is 3.58. The van der Waals surface area contributed by atoms with E-state index in [4.69, 9.17) is 23.2 Å². The zero-order valence-electron chi connectivity index (χ0n) is 8.13. The molecule has 1 aliphatic rings. The van der Waals surface area contributed by atoms with E-state index >= 15 is 0 Å². The Morgan fingerprint density at radius 1 is 1.53 bits per heavy atom. The zero-order chi connectivity index (χ0) is 10.7. The van der Waals surface area contributed by atoms with E-state index in [1.807, 2.05) is 0 Å². The second kappa shape index (κ2) is 4.96. The van der Waals surface area contributed by atoms with E-state index in [1.54, 1.807) is 0 Å². The summed E-state index contributed by atoms with van der Waals surface area (Å²) in [6.45, 7) is 2.99. The molecule has 4 nitrogen and oxygen atoms in total. The average molecular weight is 247 g/mol. The maximum absolute atomic E-state index is 5.92. The SMILES string of the molecule is Clc1ncc(Cl)c(NC[C@@H]2CCNC2)n1. The first-order valence-corrected chi connectivity index (χ1v) is 5.64. The van der Waals surface area contributed by atoms with Crippen molar-refractivity contribution in [2.45, 2.75) is 6.42 Å². The van der Waals surface area contributed by atoms with Crippen molar-refractivity contribution >= 4 is 29.0 Å². The lowest BCUT2D eigenvalue weighted by Gasteiger charge is -2.11. The number of hydrogen-bond donors (Lipinski definition) is 2. The Bertz CT molecular complexity index is 339. The van der Waals surface area contributed by atoms with Gasteiger partial charge in [-0.3, -0.25) is 0 Å². The van der Waals surface area contributed by atoms with Gasteiger partial charge in [-0.15, -0.1) is 0 Å². The number of halogens is 2. The molecule has 6 heteroatoms. The molecule has 1 saturated heterocycles. The third-order valence-electron chi connectivity index (χ3n) is 2.44. The van der Waals surface area contributed by atoms with Crippen LogP contribution in [-0.2, 0) is 0 Å². The average Bonchev–Trinajstić information content (AvgIpc) is 2.72. The molecule has 82 valence electrons. The van der Waals surface area contributed by atoms with E-state index in [0.717, 1.165) is 19.6 Å². The Kier molecular flexibility index (Phi) is 3.61. The molecule has 2 heterocycles. The van der Waals surface area contributed by atoms with Crippen molar-refractivity contribution in [2.24, 2.45) is 5.92 Å². The number of anilines is 1. The lowest BCUT2D eigenvalue weighted by atomic mass is 10.1. The second-order valence-corrected chi connectivity index (χ2v) is 4.32. The standard InChI is InChI=1S/C9H12Cl2N4/c10-7-5-14-9(11)15-8(7)13-4-6-1-2-12-3-6/h5-6,12H,1-4H2,(H,13,14,15)/t6-/m1/s1. The molecule has 0 saturated carbocycles. The summed E-state index contributed by atoms with van der Waals surface area (Å²) in [6.07, 6.45) is 2.69. The maximum atomic E-state index is 5.92. The molecule has 2 N–H and O–H groups in total. The van der Waals surface area contributed by atoms with Crippen molar-refractivity contribution in [2.75, 3.05) is 25.0 Å². The minimum absolute atomic E-state index is 0.214. The van der Waals surface area contributed by atoms with Gasteiger partial charge in [0.1, 0.15) is 10.8 Å². The van der Waals surface area contributed by atoms with Gasteiger partial charge in [0.05, 0.1) is 6.20 Å². The van der Waals surface area contributed by atoms with Crippen molar-refractivity contribution in [3.05, 3.63) is 16.5 Å². The van der Waals surface area contributed by atoms with Gasteiger partial charge in [0.2, 0.25) is 5.28 Å². The van der Waals surface area contributed by atoms with E-state index in [2.05, 4.69) is 20.6 Å². The summed E-state index contributed by atoms with van der Waals surface area (Å²) in [5.74, 6) is 1.25. The van der Waals surface area contributed by atoms with Crippen LogP contribution in [0.15, 0.2) is 6.20 Å². The van der Waals surface area contributed by atoms with Crippen LogP contribution in [0.5, 0.6) is 0 Å². The lowest BCUT2D eigenvalue weighted by Crippen LogP contribution is -2.18. The molecule has 1 atom stereocenters. The monoisotopic (exact) mass is 246 g/mol. The van der Waals surface area contributed by atoms with Crippen molar-refractivity contribution < 1.29 is 0 Å². The largest absolute Gasteiger partial charge is 0.368 e. The number of nitrogens with one attached hydrogen (secondary N) is 2. The molecule has 1 fully saturated rings. The molecule has 1 aromatic rings. The molecule has 1 aliphatic heterocycles. The number of aromatic nitrogens is 2. The summed E-state index contributed by atoms with van der Waals surface area (Å²) < 4.78 is 0. The first-order valence-electron chi connectivity index (χ1n) is 4.88. The van der Waals surface area contributed by atoms with Gasteiger partial charge >= 0.3 is 0 Å². The molecule has 0 unspecified atom stereocenters. The molecule has 15 heavy (non-hydrogen) atoms. The van der Waals surface area contributed by atoms with Crippen LogP contribution in [0, 0.1) is 5.92 Å². The fourth-order valence-electron chi connectivity index (χ4n) is 1.60. The lowest BCUT2D eigenvalue weighted by molar-refractivity contribution is 0.614. The van der Waals surface area contributed by atoms with Crippen LogP contribution in [0.3, 0.4) is 0 Å². The summed E-state index contributed by atoms with van der Waals surface area (Å²) in [7, 11) is 0. The van der Waals surface area contributed by atoms with Crippen LogP contribution in [0.4, 0.5) is 5.82 Å². The Morgan fingerprint density at radius 2 is 2.40 bits per heavy atom. The quantitative estimate of drug-likeness (QED) is 0.800. The minimum Gasteiger partial charge on any atom is -0.368 e. The highest BCUT2D eigenvalue weighted by Crippen LogP contribution is 2.20. The Labute approximate surface area is 98.4 Å². The predicted molar refractivity (Wildman–Crippen MR) is 61.5 cm³/mol. The summed E-state index contributed by atoms with van der Waals surface area (Å²) in [6, 6.07) is 0. The molecule has 0 amide bonds. The molecule has 0 bridgehead atoms. The van der Waals surface area contributed by atoms with Gasteiger partial charge < -0.3 is 10.6 Å². The highest BCUT2D eigenvalue weighted by Gasteiger charge is 2.14.